The van der Waals surface area contributed by atoms with Crippen LogP contribution in [0.25, 0.3) is 0 Å². The van der Waals surface area contributed by atoms with Gasteiger partial charge in [0.2, 0.25) is 0 Å². The number of rotatable bonds is 5. The van der Waals surface area contributed by atoms with E-state index in [-0.39, 0.29) is 5.78 Å². The third-order valence-corrected chi connectivity index (χ3v) is 2.64. The van der Waals surface area contributed by atoms with Gasteiger partial charge in [0.15, 0.2) is 5.78 Å². The highest BCUT2D eigenvalue weighted by Gasteiger charge is 2.08. The van der Waals surface area contributed by atoms with Crippen molar-refractivity contribution in [2.75, 3.05) is 13.7 Å². The number of hydrogen-bond donors (Lipinski definition) is 0. The molecule has 0 saturated carbocycles. The van der Waals surface area contributed by atoms with Crippen molar-refractivity contribution in [1.29, 1.82) is 0 Å². The van der Waals surface area contributed by atoms with Gasteiger partial charge in [-0.25, -0.2) is 4.39 Å². The van der Waals surface area contributed by atoms with E-state index in [1.807, 2.05) is 0 Å². The number of benzene rings is 1. The zero-order valence-corrected chi connectivity index (χ0v) is 10.0. The second-order valence-corrected chi connectivity index (χ2v) is 4.00. The van der Waals surface area contributed by atoms with Crippen LogP contribution in [0.15, 0.2) is 22.7 Å². The first-order chi connectivity index (χ1) is 7.15. The van der Waals surface area contributed by atoms with Crippen molar-refractivity contribution in [2.45, 2.75) is 12.8 Å². The number of carbonyl (C=O) groups excluding carboxylic acids is 1. The second kappa shape index (κ2) is 5.98. The first-order valence-corrected chi connectivity index (χ1v) is 5.41. The summed E-state index contributed by atoms with van der Waals surface area (Å²) in [5.74, 6) is -0.467. The van der Waals surface area contributed by atoms with Gasteiger partial charge in [-0.15, -0.1) is 0 Å². The molecule has 0 atom stereocenters. The number of methoxy groups -OCH3 is 1. The van der Waals surface area contributed by atoms with E-state index < -0.39 is 5.82 Å². The monoisotopic (exact) mass is 274 g/mol. The van der Waals surface area contributed by atoms with E-state index in [4.69, 9.17) is 4.74 Å². The summed E-state index contributed by atoms with van der Waals surface area (Å²) < 4.78 is 18.3. The Morgan fingerprint density at radius 1 is 1.53 bits per heavy atom. The lowest BCUT2D eigenvalue weighted by Gasteiger charge is -2.02. The maximum absolute atomic E-state index is 13.1. The fourth-order valence-corrected chi connectivity index (χ4v) is 1.44. The minimum Gasteiger partial charge on any atom is -0.385 e. The summed E-state index contributed by atoms with van der Waals surface area (Å²) in [6.07, 6.45) is 1.04. The zero-order valence-electron chi connectivity index (χ0n) is 8.43. The Hall–Kier alpha value is -0.740. The van der Waals surface area contributed by atoms with Crippen molar-refractivity contribution < 1.29 is 13.9 Å². The van der Waals surface area contributed by atoms with Crippen LogP contribution in [0.5, 0.6) is 0 Å². The van der Waals surface area contributed by atoms with Gasteiger partial charge in [0.05, 0.1) is 4.47 Å². The summed E-state index contributed by atoms with van der Waals surface area (Å²) in [7, 11) is 1.59. The molecule has 4 heteroatoms. The summed E-state index contributed by atoms with van der Waals surface area (Å²) in [4.78, 5) is 11.5. The van der Waals surface area contributed by atoms with Crippen LogP contribution < -0.4 is 0 Å². The van der Waals surface area contributed by atoms with Crippen LogP contribution in [0.1, 0.15) is 23.2 Å². The molecule has 0 fully saturated rings. The van der Waals surface area contributed by atoms with Gasteiger partial charge < -0.3 is 4.74 Å². The molecule has 0 aliphatic heterocycles. The van der Waals surface area contributed by atoms with Gasteiger partial charge in [0.25, 0.3) is 0 Å². The lowest BCUT2D eigenvalue weighted by molar-refractivity contribution is 0.0963. The van der Waals surface area contributed by atoms with Crippen molar-refractivity contribution in [3.63, 3.8) is 0 Å². The van der Waals surface area contributed by atoms with Crippen LogP contribution in [0.4, 0.5) is 4.39 Å². The van der Waals surface area contributed by atoms with Crippen molar-refractivity contribution in [3.8, 4) is 0 Å². The molecular formula is C11H12BrFO2. The van der Waals surface area contributed by atoms with E-state index in [0.29, 0.717) is 29.5 Å². The van der Waals surface area contributed by atoms with Crippen LogP contribution in [-0.2, 0) is 4.74 Å². The lowest BCUT2D eigenvalue weighted by Crippen LogP contribution is -2.01. The average Bonchev–Trinajstić information content (AvgIpc) is 2.22. The number of halogens is 2. The number of hydrogen-bond acceptors (Lipinski definition) is 2. The molecule has 1 aromatic rings. The Morgan fingerprint density at radius 3 is 2.87 bits per heavy atom. The Morgan fingerprint density at radius 2 is 2.27 bits per heavy atom. The minimum absolute atomic E-state index is 0.0570. The van der Waals surface area contributed by atoms with Gasteiger partial charge in [-0.05, 0) is 34.5 Å². The van der Waals surface area contributed by atoms with Gasteiger partial charge in [0, 0.05) is 25.7 Å². The predicted molar refractivity (Wildman–Crippen MR) is 59.5 cm³/mol. The fraction of sp³-hybridized carbons (Fsp3) is 0.364. The van der Waals surface area contributed by atoms with E-state index in [0.717, 1.165) is 0 Å². The first kappa shape index (κ1) is 12.3. The first-order valence-electron chi connectivity index (χ1n) is 4.62. The van der Waals surface area contributed by atoms with E-state index in [2.05, 4.69) is 15.9 Å². The lowest BCUT2D eigenvalue weighted by atomic mass is 10.1. The molecule has 1 rings (SSSR count). The van der Waals surface area contributed by atoms with Crippen LogP contribution >= 0.6 is 15.9 Å². The molecule has 2 nitrogen and oxygen atoms in total. The largest absolute Gasteiger partial charge is 0.385 e. The number of ketones is 1. The quantitative estimate of drug-likeness (QED) is 0.609. The highest BCUT2D eigenvalue weighted by atomic mass is 79.9. The Labute approximate surface area is 96.6 Å². The summed E-state index contributed by atoms with van der Waals surface area (Å²) in [5, 5.41) is 0. The summed E-state index contributed by atoms with van der Waals surface area (Å²) >= 11 is 3.04. The van der Waals surface area contributed by atoms with Gasteiger partial charge in [-0.1, -0.05) is 6.07 Å². The standard InChI is InChI=1S/C11H12BrFO2/c1-15-6-2-3-11(14)8-4-5-9(12)10(13)7-8/h4-5,7H,2-3,6H2,1H3. The van der Waals surface area contributed by atoms with Gasteiger partial charge in [0.1, 0.15) is 5.82 Å². The number of ether oxygens (including phenoxy) is 1. The Balaban J connectivity index is 2.62. The van der Waals surface area contributed by atoms with E-state index in [1.165, 1.54) is 6.07 Å². The maximum atomic E-state index is 13.1. The van der Waals surface area contributed by atoms with Gasteiger partial charge in [-0.2, -0.15) is 0 Å². The molecule has 0 spiro atoms. The molecule has 0 heterocycles. The Bertz CT molecular complexity index is 352. The van der Waals surface area contributed by atoms with Crippen LogP contribution in [0.3, 0.4) is 0 Å². The molecule has 82 valence electrons. The molecule has 0 bridgehead atoms. The fourth-order valence-electron chi connectivity index (χ4n) is 1.19. The van der Waals surface area contributed by atoms with Gasteiger partial charge >= 0.3 is 0 Å². The topological polar surface area (TPSA) is 26.3 Å². The SMILES string of the molecule is COCCCC(=O)c1ccc(Br)c(F)c1. The highest BCUT2D eigenvalue weighted by molar-refractivity contribution is 9.10. The van der Waals surface area contributed by atoms with Gasteiger partial charge in [-0.3, -0.25) is 4.79 Å². The van der Waals surface area contributed by atoms with E-state index in [9.17, 15) is 9.18 Å². The molecule has 0 radical (unpaired) electrons. The summed E-state index contributed by atoms with van der Waals surface area (Å²) in [6.45, 7) is 0.546. The Kier molecular flexibility index (Phi) is 4.91. The molecule has 0 aliphatic carbocycles. The minimum atomic E-state index is -0.410. The van der Waals surface area contributed by atoms with Crippen molar-refractivity contribution >= 4 is 21.7 Å². The van der Waals surface area contributed by atoms with Crippen LogP contribution in [-0.4, -0.2) is 19.5 Å². The molecule has 0 aliphatic rings. The summed E-state index contributed by atoms with van der Waals surface area (Å²) in [6, 6.07) is 4.40. The number of Topliss-reactive ketones (excluding diaryl/α,β-unsaturated/α-hetero) is 1. The molecule has 1 aromatic carbocycles. The van der Waals surface area contributed by atoms with Crippen molar-refractivity contribution in [1.82, 2.24) is 0 Å². The molecule has 0 N–H and O–H groups in total. The molecule has 0 unspecified atom stereocenters. The molecule has 0 saturated heterocycles. The summed E-state index contributed by atoms with van der Waals surface area (Å²) in [5.41, 5.74) is 0.409. The van der Waals surface area contributed by atoms with Crippen LogP contribution in [0, 0.1) is 5.82 Å². The predicted octanol–water partition coefficient (Wildman–Crippen LogP) is 3.20. The smallest absolute Gasteiger partial charge is 0.163 e. The molecular weight excluding hydrogens is 263 g/mol. The average molecular weight is 275 g/mol. The zero-order chi connectivity index (χ0) is 11.3. The van der Waals surface area contributed by atoms with Crippen molar-refractivity contribution in [2.24, 2.45) is 0 Å². The highest BCUT2D eigenvalue weighted by Crippen LogP contribution is 2.17. The van der Waals surface area contributed by atoms with E-state index >= 15 is 0 Å². The third-order valence-electron chi connectivity index (χ3n) is 1.99. The molecule has 15 heavy (non-hydrogen) atoms. The normalized spacial score (nSPS) is 10.3. The van der Waals surface area contributed by atoms with Crippen molar-refractivity contribution in [3.05, 3.63) is 34.1 Å². The maximum Gasteiger partial charge on any atom is 0.163 e. The van der Waals surface area contributed by atoms with E-state index in [1.54, 1.807) is 19.2 Å². The molecule has 0 aromatic heterocycles. The second-order valence-electron chi connectivity index (χ2n) is 3.15. The molecule has 0 amide bonds. The number of carbonyl (C=O) groups is 1. The van der Waals surface area contributed by atoms with Crippen LogP contribution in [0.2, 0.25) is 0 Å². The third kappa shape index (κ3) is 3.72.